The molecule has 0 unspecified atom stereocenters. The fourth-order valence-electron chi connectivity index (χ4n) is 2.37. The highest BCUT2D eigenvalue weighted by Crippen LogP contribution is 2.15. The van der Waals surface area contributed by atoms with Gasteiger partial charge in [-0.2, -0.15) is 0 Å². The van der Waals surface area contributed by atoms with Crippen molar-refractivity contribution in [2.45, 2.75) is 30.7 Å². The molecule has 8 heteroatoms. The predicted molar refractivity (Wildman–Crippen MR) is 103 cm³/mol. The van der Waals surface area contributed by atoms with Crippen LogP contribution in [0, 0.1) is 0 Å². The number of sulfonamides is 1. The number of rotatable bonds is 4. The van der Waals surface area contributed by atoms with Crippen LogP contribution in [-0.2, 0) is 16.6 Å². The van der Waals surface area contributed by atoms with E-state index in [1.54, 1.807) is 24.3 Å². The van der Waals surface area contributed by atoms with Crippen molar-refractivity contribution in [2.75, 3.05) is 27.2 Å². The van der Waals surface area contributed by atoms with E-state index < -0.39 is 10.0 Å². The van der Waals surface area contributed by atoms with E-state index >= 15 is 0 Å². The molecule has 0 saturated carbocycles. The van der Waals surface area contributed by atoms with Gasteiger partial charge in [-0.1, -0.05) is 12.1 Å². The summed E-state index contributed by atoms with van der Waals surface area (Å²) < 4.78 is 25.2. The highest BCUT2D eigenvalue weighted by atomic mass is 127. The molecular weight excluding hydrogens is 427 g/mol. The van der Waals surface area contributed by atoms with Gasteiger partial charge in [0.2, 0.25) is 10.0 Å². The molecule has 0 aliphatic carbocycles. The molecule has 0 radical (unpaired) electrons. The monoisotopic (exact) mass is 452 g/mol. The number of likely N-dealkylation sites (tertiary alicyclic amines) is 1. The number of hydrogen-bond acceptors (Lipinski definition) is 3. The van der Waals surface area contributed by atoms with Crippen molar-refractivity contribution < 1.29 is 8.42 Å². The number of guanidine groups is 1. The molecule has 1 aliphatic heterocycles. The van der Waals surface area contributed by atoms with E-state index in [1.807, 2.05) is 0 Å². The normalized spacial score (nSPS) is 16.3. The Bertz CT molecular complexity index is 623. The van der Waals surface area contributed by atoms with Gasteiger partial charge in [0.25, 0.3) is 0 Å². The van der Waals surface area contributed by atoms with E-state index in [1.165, 1.54) is 24.8 Å². The summed E-state index contributed by atoms with van der Waals surface area (Å²) in [7, 11) is -0.336. The molecule has 1 aromatic carbocycles. The molecule has 1 aliphatic rings. The van der Waals surface area contributed by atoms with Crippen molar-refractivity contribution in [3.8, 4) is 0 Å². The molecule has 0 atom stereocenters. The SMILES string of the molecule is CN(C)S(=O)(=O)c1ccc(CN=C(N)N2CCCCC2)cc1.I. The number of hydrogen-bond donors (Lipinski definition) is 1. The molecule has 1 aromatic rings. The van der Waals surface area contributed by atoms with E-state index in [9.17, 15) is 8.42 Å². The van der Waals surface area contributed by atoms with Crippen molar-refractivity contribution >= 4 is 40.0 Å². The van der Waals surface area contributed by atoms with Crippen molar-refractivity contribution in [2.24, 2.45) is 10.7 Å². The highest BCUT2D eigenvalue weighted by molar-refractivity contribution is 14.0. The Morgan fingerprint density at radius 2 is 1.74 bits per heavy atom. The zero-order valence-electron chi connectivity index (χ0n) is 13.6. The second-order valence-electron chi connectivity index (χ2n) is 5.65. The lowest BCUT2D eigenvalue weighted by molar-refractivity contribution is 0.338. The summed E-state index contributed by atoms with van der Waals surface area (Å²) in [5, 5.41) is 0. The van der Waals surface area contributed by atoms with Crippen LogP contribution >= 0.6 is 24.0 Å². The smallest absolute Gasteiger partial charge is 0.242 e. The molecule has 2 N–H and O–H groups in total. The summed E-state index contributed by atoms with van der Waals surface area (Å²) in [6.07, 6.45) is 3.58. The van der Waals surface area contributed by atoms with Gasteiger partial charge < -0.3 is 10.6 Å². The van der Waals surface area contributed by atoms with Crippen LogP contribution in [-0.4, -0.2) is 50.8 Å². The molecule has 0 aromatic heterocycles. The second kappa shape index (κ2) is 8.84. The molecule has 130 valence electrons. The lowest BCUT2D eigenvalue weighted by Crippen LogP contribution is -2.40. The van der Waals surface area contributed by atoms with Crippen LogP contribution in [0.15, 0.2) is 34.2 Å². The third-order valence-electron chi connectivity index (χ3n) is 3.81. The maximum Gasteiger partial charge on any atom is 0.242 e. The minimum atomic E-state index is -3.38. The zero-order valence-corrected chi connectivity index (χ0v) is 16.8. The van der Waals surface area contributed by atoms with Gasteiger partial charge in [0.05, 0.1) is 11.4 Å². The third kappa shape index (κ3) is 5.32. The van der Waals surface area contributed by atoms with Gasteiger partial charge in [0.1, 0.15) is 0 Å². The van der Waals surface area contributed by atoms with Crippen molar-refractivity contribution in [1.29, 1.82) is 0 Å². The quantitative estimate of drug-likeness (QED) is 0.430. The first-order valence-electron chi connectivity index (χ1n) is 7.47. The van der Waals surface area contributed by atoms with Gasteiger partial charge in [-0.3, -0.25) is 0 Å². The lowest BCUT2D eigenvalue weighted by Gasteiger charge is -2.27. The molecule has 0 spiro atoms. The van der Waals surface area contributed by atoms with Crippen molar-refractivity contribution in [3.63, 3.8) is 0 Å². The maximum atomic E-state index is 12.0. The summed E-state index contributed by atoms with van der Waals surface area (Å²) in [4.78, 5) is 6.80. The first kappa shape index (κ1) is 20.2. The standard InChI is InChI=1S/C15H24N4O2S.HI/c1-18(2)22(20,21)14-8-6-13(7-9-14)12-17-15(16)19-10-4-3-5-11-19;/h6-9H,3-5,10-12H2,1-2H3,(H2,16,17);1H. The van der Waals surface area contributed by atoms with Gasteiger partial charge in [-0.15, -0.1) is 24.0 Å². The summed E-state index contributed by atoms with van der Waals surface area (Å²) in [6.45, 7) is 2.40. The number of aliphatic imine (C=N–C) groups is 1. The summed E-state index contributed by atoms with van der Waals surface area (Å²) >= 11 is 0. The fourth-order valence-corrected chi connectivity index (χ4v) is 3.27. The van der Waals surface area contributed by atoms with E-state index in [0.717, 1.165) is 31.5 Å². The molecule has 0 bridgehead atoms. The maximum absolute atomic E-state index is 12.0. The van der Waals surface area contributed by atoms with E-state index in [0.29, 0.717) is 12.5 Å². The number of nitrogens with zero attached hydrogens (tertiary/aromatic N) is 3. The Morgan fingerprint density at radius 1 is 1.17 bits per heavy atom. The van der Waals surface area contributed by atoms with Gasteiger partial charge >= 0.3 is 0 Å². The molecule has 2 rings (SSSR count). The van der Waals surface area contributed by atoms with Crippen LogP contribution < -0.4 is 5.73 Å². The van der Waals surface area contributed by atoms with Crippen LogP contribution in [0.4, 0.5) is 0 Å². The first-order valence-corrected chi connectivity index (χ1v) is 8.91. The number of benzene rings is 1. The second-order valence-corrected chi connectivity index (χ2v) is 7.81. The summed E-state index contributed by atoms with van der Waals surface area (Å²) in [5.41, 5.74) is 6.95. The summed E-state index contributed by atoms with van der Waals surface area (Å²) in [5.74, 6) is 0.574. The Labute approximate surface area is 155 Å². The average Bonchev–Trinajstić information content (AvgIpc) is 2.53. The topological polar surface area (TPSA) is 79.0 Å². The van der Waals surface area contributed by atoms with Crippen molar-refractivity contribution in [1.82, 2.24) is 9.21 Å². The van der Waals surface area contributed by atoms with E-state index in [2.05, 4.69) is 9.89 Å². The van der Waals surface area contributed by atoms with Gasteiger partial charge in [-0.05, 0) is 37.0 Å². The predicted octanol–water partition coefficient (Wildman–Crippen LogP) is 1.86. The minimum Gasteiger partial charge on any atom is -0.370 e. The molecule has 1 saturated heterocycles. The zero-order chi connectivity index (χ0) is 16.2. The van der Waals surface area contributed by atoms with Crippen molar-refractivity contribution in [3.05, 3.63) is 29.8 Å². The Hall–Kier alpha value is -0.870. The highest BCUT2D eigenvalue weighted by Gasteiger charge is 2.16. The number of nitrogens with two attached hydrogens (primary N) is 1. The lowest BCUT2D eigenvalue weighted by atomic mass is 10.1. The van der Waals surface area contributed by atoms with Crippen LogP contribution in [0.3, 0.4) is 0 Å². The molecule has 0 amide bonds. The Kier molecular flexibility index (Phi) is 7.75. The van der Waals surface area contributed by atoms with Crippen LogP contribution in [0.2, 0.25) is 0 Å². The molecule has 1 fully saturated rings. The van der Waals surface area contributed by atoms with E-state index in [-0.39, 0.29) is 28.9 Å². The average molecular weight is 452 g/mol. The van der Waals surface area contributed by atoms with E-state index in [4.69, 9.17) is 5.73 Å². The Morgan fingerprint density at radius 3 is 2.26 bits per heavy atom. The number of piperidine rings is 1. The van der Waals surface area contributed by atoms with Crippen LogP contribution in [0.5, 0.6) is 0 Å². The van der Waals surface area contributed by atoms with Gasteiger partial charge in [0, 0.05) is 27.2 Å². The number of halogens is 1. The molecule has 23 heavy (non-hydrogen) atoms. The summed E-state index contributed by atoms with van der Waals surface area (Å²) in [6, 6.07) is 6.78. The molecule has 6 nitrogen and oxygen atoms in total. The minimum absolute atomic E-state index is 0. The van der Waals surface area contributed by atoms with Crippen LogP contribution in [0.25, 0.3) is 0 Å². The van der Waals surface area contributed by atoms with Gasteiger partial charge in [0.15, 0.2) is 5.96 Å². The first-order chi connectivity index (χ1) is 10.4. The molecule has 1 heterocycles. The van der Waals surface area contributed by atoms with Gasteiger partial charge in [-0.25, -0.2) is 17.7 Å². The largest absolute Gasteiger partial charge is 0.370 e. The Balaban J connectivity index is 0.00000264. The van der Waals surface area contributed by atoms with Crippen LogP contribution in [0.1, 0.15) is 24.8 Å². The fraction of sp³-hybridized carbons (Fsp3) is 0.533. The molecular formula is C15H25IN4O2S. The third-order valence-corrected chi connectivity index (χ3v) is 5.63.